The summed E-state index contributed by atoms with van der Waals surface area (Å²) >= 11 is 5.31. The molecule has 1 heterocycles. The molecule has 4 aromatic rings. The number of para-hydroxylation sites is 1. The van der Waals surface area contributed by atoms with Gasteiger partial charge in [-0.1, -0.05) is 43.3 Å². The van der Waals surface area contributed by atoms with Crippen molar-refractivity contribution < 1.29 is 17.9 Å². The van der Waals surface area contributed by atoms with Gasteiger partial charge in [0.25, 0.3) is 0 Å². The van der Waals surface area contributed by atoms with Crippen LogP contribution >= 0.6 is 12.2 Å². The fourth-order valence-corrected chi connectivity index (χ4v) is 4.48. The molecule has 0 saturated carbocycles. The number of aryl methyl sites for hydroxylation is 1. The Balaban J connectivity index is 1.38. The highest BCUT2D eigenvalue weighted by Crippen LogP contribution is 2.23. The van der Waals surface area contributed by atoms with E-state index >= 15 is 0 Å². The number of nitrogens with zero attached hydrogens (tertiary/aromatic N) is 4. The van der Waals surface area contributed by atoms with Crippen LogP contribution in [0.1, 0.15) is 18.1 Å². The summed E-state index contributed by atoms with van der Waals surface area (Å²) in [7, 11) is 0. The second-order valence-electron chi connectivity index (χ2n) is 8.51. The number of alkyl halides is 3. The van der Waals surface area contributed by atoms with Crippen LogP contribution in [0.4, 0.5) is 18.9 Å². The number of azo groups is 1. The van der Waals surface area contributed by atoms with Crippen LogP contribution in [0.3, 0.4) is 0 Å². The Bertz CT molecular complexity index is 1740. The molecule has 1 aliphatic carbocycles. The molecule has 0 fully saturated rings. The number of halogens is 3. The van der Waals surface area contributed by atoms with E-state index in [0.29, 0.717) is 12.1 Å². The molecule has 1 aliphatic rings. The van der Waals surface area contributed by atoms with Crippen molar-refractivity contribution in [3.63, 3.8) is 0 Å². The monoisotopic (exact) mass is 533 g/mol. The highest BCUT2D eigenvalue weighted by Gasteiger charge is 2.31. The van der Waals surface area contributed by atoms with Crippen LogP contribution in [0.25, 0.3) is 18.0 Å². The second-order valence-corrected chi connectivity index (χ2v) is 8.89. The summed E-state index contributed by atoms with van der Waals surface area (Å²) in [5, 5.41) is 19.8. The Morgan fingerprint density at radius 2 is 1.89 bits per heavy atom. The van der Waals surface area contributed by atoms with Gasteiger partial charge in [-0.2, -0.15) is 10.2 Å². The summed E-state index contributed by atoms with van der Waals surface area (Å²) in [5.41, 5.74) is 3.81. The Hall–Kier alpha value is -4.31. The Morgan fingerprint density at radius 3 is 2.66 bits per heavy atom. The zero-order valence-corrected chi connectivity index (χ0v) is 21.1. The van der Waals surface area contributed by atoms with Crippen molar-refractivity contribution in [2.45, 2.75) is 26.1 Å². The minimum absolute atomic E-state index is 0.278. The predicted octanol–water partition coefficient (Wildman–Crippen LogP) is 5.54. The van der Waals surface area contributed by atoms with E-state index in [1.807, 2.05) is 48.5 Å². The van der Waals surface area contributed by atoms with Crippen LogP contribution in [0.15, 0.2) is 83.2 Å². The van der Waals surface area contributed by atoms with Gasteiger partial charge in [-0.05, 0) is 83.0 Å². The normalized spacial score (nSPS) is 13.1. The number of ether oxygens (including phenoxy) is 1. The van der Waals surface area contributed by atoms with Gasteiger partial charge in [0.05, 0.1) is 23.4 Å². The number of rotatable bonds is 5. The average Bonchev–Trinajstić information content (AvgIpc) is 3.33. The van der Waals surface area contributed by atoms with Gasteiger partial charge < -0.3 is 10.1 Å². The SMILES string of the molecule is CCc1ccccc1NC(=S)/N=N\C=c1/ccc2c(c1)CC=c1c=2cnn1-c1ccc(OC(F)(F)F)cc1. The second kappa shape index (κ2) is 10.6. The first-order valence-corrected chi connectivity index (χ1v) is 12.3. The zero-order valence-electron chi connectivity index (χ0n) is 20.2. The van der Waals surface area contributed by atoms with E-state index in [-0.39, 0.29) is 10.9 Å². The lowest BCUT2D eigenvalue weighted by Crippen LogP contribution is -2.20. The number of anilines is 1. The van der Waals surface area contributed by atoms with Gasteiger partial charge >= 0.3 is 6.36 Å². The maximum atomic E-state index is 12.5. The fourth-order valence-electron chi connectivity index (χ4n) is 4.33. The summed E-state index contributed by atoms with van der Waals surface area (Å²) in [6, 6.07) is 19.5. The molecule has 0 spiro atoms. The lowest BCUT2D eigenvalue weighted by Gasteiger charge is -2.10. The third-order valence-electron chi connectivity index (χ3n) is 6.05. The first-order chi connectivity index (χ1) is 18.3. The molecule has 10 heteroatoms. The van der Waals surface area contributed by atoms with E-state index in [9.17, 15) is 13.2 Å². The first kappa shape index (κ1) is 25.3. The van der Waals surface area contributed by atoms with E-state index in [1.165, 1.54) is 12.1 Å². The maximum absolute atomic E-state index is 12.5. The van der Waals surface area contributed by atoms with Crippen LogP contribution in [0.5, 0.6) is 5.75 Å². The number of nitrogens with one attached hydrogen (secondary N) is 1. The van der Waals surface area contributed by atoms with Crippen molar-refractivity contribution in [1.82, 2.24) is 9.78 Å². The molecular weight excluding hydrogens is 511 g/mol. The van der Waals surface area contributed by atoms with Gasteiger partial charge in [-0.25, -0.2) is 4.68 Å². The molecule has 1 aromatic heterocycles. The van der Waals surface area contributed by atoms with Gasteiger partial charge in [0.2, 0.25) is 5.11 Å². The molecule has 192 valence electrons. The Kier molecular flexibility index (Phi) is 7.06. The molecule has 0 bridgehead atoms. The molecule has 3 aromatic carbocycles. The molecule has 5 rings (SSSR count). The lowest BCUT2D eigenvalue weighted by molar-refractivity contribution is -0.274. The molecule has 0 atom stereocenters. The predicted molar refractivity (Wildman–Crippen MR) is 143 cm³/mol. The molecule has 1 N–H and O–H groups in total. The summed E-state index contributed by atoms with van der Waals surface area (Å²) in [5.74, 6) is -0.278. The summed E-state index contributed by atoms with van der Waals surface area (Å²) in [6.45, 7) is 2.08. The fraction of sp³-hybridized carbons (Fsp3) is 0.143. The Labute approximate surface area is 221 Å². The summed E-state index contributed by atoms with van der Waals surface area (Å²) < 4.78 is 43.0. The molecule has 0 aliphatic heterocycles. The first-order valence-electron chi connectivity index (χ1n) is 11.8. The standard InChI is InChI=1S/C28H22F3N5OS/c1-2-19-5-3-4-6-25(19)34-27(38)35-32-16-18-7-13-23-20(15-18)8-14-26-24(23)17-33-36(26)21-9-11-22(12-10-21)37-28(29,30)31/h3-7,9-17H,2,8H2,1H3,(H,34,38)/b18-16+,35-32-. The van der Waals surface area contributed by atoms with Crippen molar-refractivity contribution in [2.24, 2.45) is 10.2 Å². The van der Waals surface area contributed by atoms with Gasteiger partial charge in [0.15, 0.2) is 0 Å². The lowest BCUT2D eigenvalue weighted by atomic mass is 10.0. The number of fused-ring (bicyclic) bond motifs is 2. The number of hydrogen-bond acceptors (Lipinski definition) is 4. The van der Waals surface area contributed by atoms with Crippen LogP contribution in [0, 0.1) is 10.4 Å². The smallest absolute Gasteiger partial charge is 0.406 e. The van der Waals surface area contributed by atoms with Crippen molar-refractivity contribution in [3.05, 3.63) is 105 Å². The number of aromatic nitrogens is 2. The summed E-state index contributed by atoms with van der Waals surface area (Å²) in [4.78, 5) is 0. The third-order valence-corrected chi connectivity index (χ3v) is 6.24. The van der Waals surface area contributed by atoms with E-state index in [1.54, 1.807) is 29.2 Å². The van der Waals surface area contributed by atoms with Crippen LogP contribution < -0.4 is 20.6 Å². The van der Waals surface area contributed by atoms with Crippen molar-refractivity contribution in [2.75, 3.05) is 5.32 Å². The highest BCUT2D eigenvalue weighted by molar-refractivity contribution is 7.80. The van der Waals surface area contributed by atoms with E-state index in [4.69, 9.17) is 12.2 Å². The van der Waals surface area contributed by atoms with Crippen LogP contribution in [-0.4, -0.2) is 21.3 Å². The van der Waals surface area contributed by atoms with E-state index in [2.05, 4.69) is 32.3 Å². The number of thiocarbonyl (C=S) groups is 1. The topological polar surface area (TPSA) is 63.8 Å². The summed E-state index contributed by atoms with van der Waals surface area (Å²) in [6.07, 6.45) is 2.27. The van der Waals surface area contributed by atoms with E-state index < -0.39 is 6.36 Å². The highest BCUT2D eigenvalue weighted by atomic mass is 32.1. The van der Waals surface area contributed by atoms with E-state index in [0.717, 1.165) is 44.2 Å². The molecule has 0 radical (unpaired) electrons. The molecule has 6 nitrogen and oxygen atoms in total. The van der Waals surface area contributed by atoms with Gasteiger partial charge in [0.1, 0.15) is 5.75 Å². The number of hydrogen-bond donors (Lipinski definition) is 1. The minimum atomic E-state index is -4.73. The largest absolute Gasteiger partial charge is 0.573 e. The molecule has 38 heavy (non-hydrogen) atoms. The Morgan fingerprint density at radius 1 is 1.11 bits per heavy atom. The number of benzene rings is 3. The average molecular weight is 534 g/mol. The van der Waals surface area contributed by atoms with Gasteiger partial charge in [0, 0.05) is 10.9 Å². The zero-order chi connectivity index (χ0) is 26.7. The van der Waals surface area contributed by atoms with Gasteiger partial charge in [-0.15, -0.1) is 18.3 Å². The molecule has 0 saturated heterocycles. The van der Waals surface area contributed by atoms with Crippen molar-refractivity contribution in [3.8, 4) is 11.4 Å². The van der Waals surface area contributed by atoms with Crippen molar-refractivity contribution >= 4 is 35.3 Å². The molecular formula is C28H22F3N5OS. The van der Waals surface area contributed by atoms with Gasteiger partial charge in [-0.3, -0.25) is 0 Å². The third kappa shape index (κ3) is 5.65. The molecule has 0 amide bonds. The van der Waals surface area contributed by atoms with Crippen LogP contribution in [0.2, 0.25) is 0 Å². The minimum Gasteiger partial charge on any atom is -0.406 e. The van der Waals surface area contributed by atoms with Crippen molar-refractivity contribution in [1.29, 1.82) is 0 Å². The maximum Gasteiger partial charge on any atom is 0.573 e. The van der Waals surface area contributed by atoms with Crippen LogP contribution in [-0.2, 0) is 12.8 Å². The molecule has 0 unspecified atom stereocenters. The quantitative estimate of drug-likeness (QED) is 0.270.